The molecule has 0 fully saturated rings. The van der Waals surface area contributed by atoms with Crippen LogP contribution in [-0.4, -0.2) is 11.5 Å². The molecule has 0 bridgehead atoms. The molecule has 2 aromatic rings. The number of nitrogens with one attached hydrogen (secondary N) is 1. The molecule has 5 heteroatoms. The van der Waals surface area contributed by atoms with E-state index in [0.717, 1.165) is 28.9 Å². The first-order valence-electron chi connectivity index (χ1n) is 5.17. The molecule has 0 unspecified atom stereocenters. The van der Waals surface area contributed by atoms with Gasteiger partial charge in [-0.25, -0.2) is 4.98 Å². The second-order valence-electron chi connectivity index (χ2n) is 3.23. The number of rotatable bonds is 6. The van der Waals surface area contributed by atoms with Crippen LogP contribution in [0.3, 0.4) is 0 Å². The molecule has 0 aliphatic rings. The Kier molecular flexibility index (Phi) is 4.30. The number of thiazole rings is 1. The normalized spacial score (nSPS) is 10.6. The van der Waals surface area contributed by atoms with E-state index in [1.54, 1.807) is 17.6 Å². The summed E-state index contributed by atoms with van der Waals surface area (Å²) in [4.78, 5) is 5.59. The maximum atomic E-state index is 5.27. The van der Waals surface area contributed by atoms with Crippen LogP contribution in [0.5, 0.6) is 0 Å². The van der Waals surface area contributed by atoms with Crippen LogP contribution in [0.2, 0.25) is 0 Å². The molecule has 0 saturated heterocycles. The summed E-state index contributed by atoms with van der Waals surface area (Å²) in [5.41, 5.74) is 0. The zero-order valence-electron chi connectivity index (χ0n) is 9.10. The fourth-order valence-electron chi connectivity index (χ4n) is 1.25. The number of thioether (sulfide) groups is 1. The molecule has 0 aliphatic carbocycles. The standard InChI is InChI=1S/C11H14N2OS2/c1-2-12-11-13-6-10(16-11)8-15-7-9-4-3-5-14-9/h3-6H,2,7-8H2,1H3,(H,12,13). The van der Waals surface area contributed by atoms with Crippen molar-refractivity contribution in [2.45, 2.75) is 18.4 Å². The Morgan fingerprint density at radius 2 is 2.44 bits per heavy atom. The fourth-order valence-corrected chi connectivity index (χ4v) is 3.16. The first-order chi connectivity index (χ1) is 7.88. The van der Waals surface area contributed by atoms with E-state index in [1.165, 1.54) is 4.88 Å². The minimum absolute atomic E-state index is 0.918. The van der Waals surface area contributed by atoms with Crippen molar-refractivity contribution in [1.29, 1.82) is 0 Å². The van der Waals surface area contributed by atoms with E-state index in [-0.39, 0.29) is 0 Å². The van der Waals surface area contributed by atoms with Crippen molar-refractivity contribution in [3.05, 3.63) is 35.2 Å². The van der Waals surface area contributed by atoms with Crippen LogP contribution in [0, 0.1) is 0 Å². The summed E-state index contributed by atoms with van der Waals surface area (Å²) >= 11 is 3.57. The predicted molar refractivity (Wildman–Crippen MR) is 70.0 cm³/mol. The molecular weight excluding hydrogens is 240 g/mol. The highest BCUT2D eigenvalue weighted by atomic mass is 32.2. The summed E-state index contributed by atoms with van der Waals surface area (Å²) < 4.78 is 5.27. The van der Waals surface area contributed by atoms with Crippen LogP contribution in [0.4, 0.5) is 5.13 Å². The van der Waals surface area contributed by atoms with Crippen LogP contribution < -0.4 is 5.32 Å². The lowest BCUT2D eigenvalue weighted by Gasteiger charge is -1.96. The quantitative estimate of drug-likeness (QED) is 0.854. The Balaban J connectivity index is 1.76. The largest absolute Gasteiger partial charge is 0.468 e. The highest BCUT2D eigenvalue weighted by Crippen LogP contribution is 2.24. The summed E-state index contributed by atoms with van der Waals surface area (Å²) in [5, 5.41) is 4.22. The van der Waals surface area contributed by atoms with Gasteiger partial charge in [-0.3, -0.25) is 0 Å². The fraction of sp³-hybridized carbons (Fsp3) is 0.364. The zero-order valence-corrected chi connectivity index (χ0v) is 10.7. The topological polar surface area (TPSA) is 38.1 Å². The van der Waals surface area contributed by atoms with Crippen LogP contribution in [0.25, 0.3) is 0 Å². The van der Waals surface area contributed by atoms with Crippen molar-refractivity contribution < 1.29 is 4.42 Å². The summed E-state index contributed by atoms with van der Waals surface area (Å²) in [6, 6.07) is 3.93. The van der Waals surface area contributed by atoms with Crippen molar-refractivity contribution in [3.8, 4) is 0 Å². The second kappa shape index (κ2) is 5.96. The number of hydrogen-bond acceptors (Lipinski definition) is 5. The molecule has 0 spiro atoms. The molecule has 1 N–H and O–H groups in total. The Bertz CT molecular complexity index is 411. The van der Waals surface area contributed by atoms with Gasteiger partial charge in [0.15, 0.2) is 5.13 Å². The van der Waals surface area contributed by atoms with Crippen molar-refractivity contribution >= 4 is 28.2 Å². The lowest BCUT2D eigenvalue weighted by atomic mass is 10.5. The number of hydrogen-bond donors (Lipinski definition) is 1. The van der Waals surface area contributed by atoms with Gasteiger partial charge in [0.25, 0.3) is 0 Å². The molecule has 0 atom stereocenters. The number of nitrogens with zero attached hydrogens (tertiary/aromatic N) is 1. The van der Waals surface area contributed by atoms with Gasteiger partial charge in [-0.05, 0) is 19.1 Å². The van der Waals surface area contributed by atoms with Gasteiger partial charge < -0.3 is 9.73 Å². The van der Waals surface area contributed by atoms with Crippen LogP contribution in [0.15, 0.2) is 29.0 Å². The van der Waals surface area contributed by atoms with Gasteiger partial charge in [-0.15, -0.1) is 23.1 Å². The van der Waals surface area contributed by atoms with Crippen molar-refractivity contribution in [2.24, 2.45) is 0 Å². The number of furan rings is 1. The molecule has 3 nitrogen and oxygen atoms in total. The second-order valence-corrected chi connectivity index (χ2v) is 5.34. The lowest BCUT2D eigenvalue weighted by Crippen LogP contribution is -1.94. The minimum Gasteiger partial charge on any atom is -0.468 e. The van der Waals surface area contributed by atoms with Crippen LogP contribution in [-0.2, 0) is 11.5 Å². The summed E-state index contributed by atoms with van der Waals surface area (Å²) in [7, 11) is 0. The number of anilines is 1. The maximum Gasteiger partial charge on any atom is 0.182 e. The van der Waals surface area contributed by atoms with Crippen molar-refractivity contribution in [1.82, 2.24) is 4.98 Å². The molecule has 16 heavy (non-hydrogen) atoms. The van der Waals surface area contributed by atoms with E-state index >= 15 is 0 Å². The van der Waals surface area contributed by atoms with Crippen molar-refractivity contribution in [3.63, 3.8) is 0 Å². The molecule has 86 valence electrons. The van der Waals surface area contributed by atoms with Crippen LogP contribution >= 0.6 is 23.1 Å². The third-order valence-electron chi connectivity index (χ3n) is 1.95. The monoisotopic (exact) mass is 254 g/mol. The molecule has 0 radical (unpaired) electrons. The zero-order chi connectivity index (χ0) is 11.2. The van der Waals surface area contributed by atoms with E-state index in [4.69, 9.17) is 4.42 Å². The summed E-state index contributed by atoms with van der Waals surface area (Å²) in [5.74, 6) is 2.94. The Labute approximate surface area is 103 Å². The van der Waals surface area contributed by atoms with Crippen LogP contribution in [0.1, 0.15) is 17.6 Å². The van der Waals surface area contributed by atoms with E-state index in [0.29, 0.717) is 0 Å². The lowest BCUT2D eigenvalue weighted by molar-refractivity contribution is 0.530. The van der Waals surface area contributed by atoms with Gasteiger partial charge in [0.05, 0.1) is 12.0 Å². The Morgan fingerprint density at radius 1 is 1.50 bits per heavy atom. The molecule has 2 rings (SSSR count). The highest BCUT2D eigenvalue weighted by molar-refractivity contribution is 7.97. The van der Waals surface area contributed by atoms with E-state index in [9.17, 15) is 0 Å². The molecule has 2 heterocycles. The summed E-state index contributed by atoms with van der Waals surface area (Å²) in [6.45, 7) is 3.00. The molecule has 0 saturated carbocycles. The molecule has 0 amide bonds. The van der Waals surface area contributed by atoms with Gasteiger partial charge in [-0.2, -0.15) is 0 Å². The van der Waals surface area contributed by atoms with E-state index < -0.39 is 0 Å². The predicted octanol–water partition coefficient (Wildman–Crippen LogP) is 3.60. The third-order valence-corrected chi connectivity index (χ3v) is 4.09. The molecule has 0 aromatic carbocycles. The first-order valence-corrected chi connectivity index (χ1v) is 7.14. The van der Waals surface area contributed by atoms with Gasteiger partial charge in [0.1, 0.15) is 5.76 Å². The highest BCUT2D eigenvalue weighted by Gasteiger charge is 2.02. The Morgan fingerprint density at radius 3 is 3.19 bits per heavy atom. The maximum absolute atomic E-state index is 5.27. The van der Waals surface area contributed by atoms with E-state index in [1.807, 2.05) is 30.1 Å². The number of aromatic nitrogens is 1. The third kappa shape index (κ3) is 3.28. The van der Waals surface area contributed by atoms with E-state index in [2.05, 4.69) is 17.2 Å². The smallest absolute Gasteiger partial charge is 0.182 e. The average Bonchev–Trinajstić information content (AvgIpc) is 2.90. The Hall–Kier alpha value is -0.940. The summed E-state index contributed by atoms with van der Waals surface area (Å²) in [6.07, 6.45) is 3.66. The molecule has 2 aromatic heterocycles. The SMILES string of the molecule is CCNc1ncc(CSCc2ccco2)s1. The van der Waals surface area contributed by atoms with Gasteiger partial charge in [0, 0.05) is 23.4 Å². The minimum atomic E-state index is 0.918. The van der Waals surface area contributed by atoms with Gasteiger partial charge in [-0.1, -0.05) is 0 Å². The first kappa shape index (κ1) is 11.5. The van der Waals surface area contributed by atoms with Gasteiger partial charge in [0.2, 0.25) is 0 Å². The average molecular weight is 254 g/mol. The van der Waals surface area contributed by atoms with Crippen molar-refractivity contribution in [2.75, 3.05) is 11.9 Å². The molecular formula is C11H14N2OS2. The molecule has 0 aliphatic heterocycles. The van der Waals surface area contributed by atoms with Gasteiger partial charge >= 0.3 is 0 Å².